The third-order valence-corrected chi connectivity index (χ3v) is 5.57. The minimum absolute atomic E-state index is 0. The van der Waals surface area contributed by atoms with Crippen molar-refractivity contribution < 1.29 is 61.2 Å². The molecule has 0 radical (unpaired) electrons. The first-order valence-electron chi connectivity index (χ1n) is 8.15. The Kier molecular flexibility index (Phi) is 7.57. The summed E-state index contributed by atoms with van der Waals surface area (Å²) in [7, 11) is 0. The normalized spacial score (nSPS) is 11.3. The van der Waals surface area contributed by atoms with E-state index < -0.39 is 6.29 Å². The van der Waals surface area contributed by atoms with Crippen LogP contribution in [0, 0.1) is 11.3 Å². The van der Waals surface area contributed by atoms with Gasteiger partial charge in [-0.3, -0.25) is 0 Å². The summed E-state index contributed by atoms with van der Waals surface area (Å²) in [5.74, 6) is 0.0634. The van der Waals surface area contributed by atoms with Crippen molar-refractivity contribution in [3.8, 4) is 33.6 Å². The molecule has 3 heterocycles. The van der Waals surface area contributed by atoms with Crippen molar-refractivity contribution in [3.05, 3.63) is 81.9 Å². The van der Waals surface area contributed by atoms with Crippen molar-refractivity contribution in [1.29, 1.82) is 5.26 Å². The largest absolute Gasteiger partial charge is 1.00 e. The van der Waals surface area contributed by atoms with Crippen LogP contribution >= 0.6 is 22.7 Å². The molecule has 0 aliphatic rings. The molecule has 0 fully saturated rings. The fourth-order valence-electron chi connectivity index (χ4n) is 2.69. The van der Waals surface area contributed by atoms with E-state index in [1.165, 1.54) is 0 Å². The van der Waals surface area contributed by atoms with Gasteiger partial charge in [-0.1, -0.05) is 36.4 Å². The summed E-state index contributed by atoms with van der Waals surface area (Å²) in [5, 5.41) is 28.2. The molecule has 0 saturated carbocycles. The Morgan fingerprint density at radius 1 is 1.07 bits per heavy atom. The number of benzene rings is 1. The van der Waals surface area contributed by atoms with Crippen molar-refractivity contribution >= 4 is 22.7 Å². The molecule has 4 aromatic rings. The summed E-state index contributed by atoms with van der Waals surface area (Å²) >= 11 is 3.09. The third kappa shape index (κ3) is 4.62. The van der Waals surface area contributed by atoms with Gasteiger partial charge in [-0.05, 0) is 45.5 Å². The molecule has 0 N–H and O–H groups in total. The molecular formula is C21H13KN2O2S2. The molecule has 0 saturated heterocycles. The van der Waals surface area contributed by atoms with E-state index in [9.17, 15) is 10.4 Å². The Balaban J connectivity index is 0.00000225. The topological polar surface area (TPSA) is 69.0 Å². The van der Waals surface area contributed by atoms with Gasteiger partial charge in [0.25, 0.3) is 0 Å². The van der Waals surface area contributed by atoms with Crippen LogP contribution in [0.5, 0.6) is 5.88 Å². The fraction of sp³-hybridized carbons (Fsp3) is 0.0476. The van der Waals surface area contributed by atoms with E-state index in [4.69, 9.17) is 4.74 Å². The van der Waals surface area contributed by atoms with Gasteiger partial charge in [0.1, 0.15) is 11.6 Å². The maximum absolute atomic E-state index is 12.6. The van der Waals surface area contributed by atoms with E-state index in [-0.39, 0.29) is 62.8 Å². The third-order valence-electron chi connectivity index (χ3n) is 3.99. The van der Waals surface area contributed by atoms with Crippen LogP contribution in [0.15, 0.2) is 70.7 Å². The van der Waals surface area contributed by atoms with Gasteiger partial charge >= 0.3 is 51.4 Å². The van der Waals surface area contributed by atoms with Crippen LogP contribution in [0.2, 0.25) is 0 Å². The van der Waals surface area contributed by atoms with Crippen LogP contribution in [0.1, 0.15) is 17.4 Å². The van der Waals surface area contributed by atoms with E-state index in [0.29, 0.717) is 16.8 Å². The van der Waals surface area contributed by atoms with Crippen molar-refractivity contribution in [1.82, 2.24) is 4.98 Å². The molecule has 3 aromatic heterocycles. The van der Waals surface area contributed by atoms with Crippen LogP contribution in [0.3, 0.4) is 0 Å². The number of hydrogen-bond donors (Lipinski definition) is 0. The number of nitrogens with zero attached hydrogens (tertiary/aromatic N) is 2. The van der Waals surface area contributed by atoms with Gasteiger partial charge in [0, 0.05) is 5.56 Å². The zero-order chi connectivity index (χ0) is 18.6. The Bertz CT molecular complexity index is 1080. The van der Waals surface area contributed by atoms with Crippen LogP contribution in [0.25, 0.3) is 21.7 Å². The van der Waals surface area contributed by atoms with E-state index in [2.05, 4.69) is 11.1 Å². The van der Waals surface area contributed by atoms with Crippen LogP contribution in [-0.2, 0) is 0 Å². The Morgan fingerprint density at radius 2 is 1.89 bits per heavy atom. The van der Waals surface area contributed by atoms with Crippen LogP contribution in [-0.4, -0.2) is 4.98 Å². The number of hydrogen-bond acceptors (Lipinski definition) is 6. The molecule has 132 valence electrons. The molecule has 0 amide bonds. The molecule has 1 aromatic carbocycles. The number of rotatable bonds is 5. The quantitative estimate of drug-likeness (QED) is 0.359. The predicted molar refractivity (Wildman–Crippen MR) is 105 cm³/mol. The number of aromatic nitrogens is 1. The van der Waals surface area contributed by atoms with E-state index in [1.807, 2.05) is 46.5 Å². The summed E-state index contributed by atoms with van der Waals surface area (Å²) in [6.07, 6.45) is -1.46. The van der Waals surface area contributed by atoms with Crippen LogP contribution < -0.4 is 61.2 Å². The molecule has 0 aliphatic carbocycles. The average Bonchev–Trinajstić information content (AvgIpc) is 3.42. The molecule has 4 nitrogen and oxygen atoms in total. The maximum atomic E-state index is 12.6. The average molecular weight is 429 g/mol. The van der Waals surface area contributed by atoms with Gasteiger partial charge in [-0.2, -0.15) is 16.6 Å². The summed E-state index contributed by atoms with van der Waals surface area (Å²) in [4.78, 5) is 5.44. The van der Waals surface area contributed by atoms with Gasteiger partial charge in [0.15, 0.2) is 0 Å². The maximum Gasteiger partial charge on any atom is 1.00 e. The minimum atomic E-state index is -1.46. The van der Waals surface area contributed by atoms with Crippen molar-refractivity contribution in [2.24, 2.45) is 0 Å². The molecular weight excluding hydrogens is 415 g/mol. The monoisotopic (exact) mass is 428 g/mol. The smallest absolute Gasteiger partial charge is 0.818 e. The zero-order valence-electron chi connectivity index (χ0n) is 15.0. The minimum Gasteiger partial charge on any atom is -0.818 e. The first kappa shape index (κ1) is 21.4. The molecule has 7 heteroatoms. The van der Waals surface area contributed by atoms with E-state index in [1.54, 1.807) is 46.9 Å². The Hall–Kier alpha value is -1.34. The van der Waals surface area contributed by atoms with Crippen molar-refractivity contribution in [3.63, 3.8) is 0 Å². The summed E-state index contributed by atoms with van der Waals surface area (Å²) in [6, 6.07) is 18.7. The molecule has 0 bridgehead atoms. The molecule has 4 rings (SSSR count). The molecule has 1 unspecified atom stereocenters. The number of thiophene rings is 2. The van der Waals surface area contributed by atoms with Crippen LogP contribution in [0.4, 0.5) is 0 Å². The van der Waals surface area contributed by atoms with Gasteiger partial charge < -0.3 is 9.84 Å². The fourth-order valence-corrected chi connectivity index (χ4v) is 4.03. The first-order chi connectivity index (χ1) is 13.3. The van der Waals surface area contributed by atoms with E-state index in [0.717, 1.165) is 10.4 Å². The number of pyridine rings is 1. The second-order valence-electron chi connectivity index (χ2n) is 5.70. The standard InChI is InChI=1S/C21H13N2O2S2.K/c22-12-17-16(15-8-10-26-13-15)11-18(19-7-4-9-27-19)23-20(17)25-21(24)14-5-2-1-3-6-14;/h1-11,13,21H;/q-1;+1. The van der Waals surface area contributed by atoms with Gasteiger partial charge in [-0.15, -0.1) is 11.3 Å². The van der Waals surface area contributed by atoms with Crippen molar-refractivity contribution in [2.45, 2.75) is 6.29 Å². The summed E-state index contributed by atoms with van der Waals surface area (Å²) in [5.41, 5.74) is 3.06. The molecule has 0 aliphatic heterocycles. The molecule has 1 atom stereocenters. The first-order valence-corrected chi connectivity index (χ1v) is 9.97. The second-order valence-corrected chi connectivity index (χ2v) is 7.42. The van der Waals surface area contributed by atoms with Crippen molar-refractivity contribution in [2.75, 3.05) is 0 Å². The second kappa shape index (κ2) is 9.92. The SMILES string of the molecule is N#Cc1c(-c2ccsc2)cc(-c2cccs2)nc1OC([O-])c1ccccc1.[K+]. The van der Waals surface area contributed by atoms with Gasteiger partial charge in [0.2, 0.25) is 5.88 Å². The Morgan fingerprint density at radius 3 is 2.54 bits per heavy atom. The summed E-state index contributed by atoms with van der Waals surface area (Å²) in [6.45, 7) is 0. The van der Waals surface area contributed by atoms with Gasteiger partial charge in [0.05, 0.1) is 16.9 Å². The molecule has 28 heavy (non-hydrogen) atoms. The van der Waals surface area contributed by atoms with Gasteiger partial charge in [-0.25, -0.2) is 4.98 Å². The predicted octanol–water partition coefficient (Wildman–Crippen LogP) is 1.85. The van der Waals surface area contributed by atoms with E-state index >= 15 is 0 Å². The zero-order valence-corrected chi connectivity index (χ0v) is 19.8. The summed E-state index contributed by atoms with van der Waals surface area (Å²) < 4.78 is 5.62. The molecule has 0 spiro atoms. The number of ether oxygens (including phenoxy) is 1. The Labute approximate surface area is 213 Å². The number of nitriles is 1.